The molecule has 0 aliphatic carbocycles. The van der Waals surface area contributed by atoms with E-state index < -0.39 is 11.9 Å². The third kappa shape index (κ3) is 2.65. The number of esters is 1. The molecule has 0 atom stereocenters. The first-order valence-corrected chi connectivity index (χ1v) is 6.32. The van der Waals surface area contributed by atoms with Gasteiger partial charge in [0.1, 0.15) is 0 Å². The van der Waals surface area contributed by atoms with Crippen LogP contribution in [0, 0.1) is 13.8 Å². The lowest BCUT2D eigenvalue weighted by Gasteiger charge is -2.11. The molecule has 1 aromatic carbocycles. The molecular weight excluding hydrogens is 272 g/mol. The molecule has 0 aliphatic heterocycles. The molecule has 0 radical (unpaired) electrons. The van der Waals surface area contributed by atoms with Gasteiger partial charge in [-0.15, -0.1) is 0 Å². The monoisotopic (exact) mass is 288 g/mol. The van der Waals surface area contributed by atoms with E-state index >= 15 is 0 Å². The molecular formula is C15H16N2O4. The molecule has 6 nitrogen and oxygen atoms in total. The molecule has 6 heteroatoms. The van der Waals surface area contributed by atoms with E-state index in [1.54, 1.807) is 13.1 Å². The lowest BCUT2D eigenvalue weighted by atomic mass is 9.98. The van der Waals surface area contributed by atoms with Crippen molar-refractivity contribution in [3.8, 4) is 11.3 Å². The van der Waals surface area contributed by atoms with E-state index in [4.69, 9.17) is 9.84 Å². The molecule has 21 heavy (non-hydrogen) atoms. The highest BCUT2D eigenvalue weighted by Crippen LogP contribution is 2.26. The molecule has 0 spiro atoms. The van der Waals surface area contributed by atoms with E-state index in [0.717, 1.165) is 16.7 Å². The zero-order chi connectivity index (χ0) is 15.7. The van der Waals surface area contributed by atoms with Crippen molar-refractivity contribution in [1.82, 2.24) is 9.78 Å². The number of nitrogens with zero attached hydrogens (tertiary/aromatic N) is 2. The normalized spacial score (nSPS) is 10.5. The fraction of sp³-hybridized carbons (Fsp3) is 0.267. The molecule has 0 fully saturated rings. The van der Waals surface area contributed by atoms with Crippen molar-refractivity contribution in [2.45, 2.75) is 13.8 Å². The van der Waals surface area contributed by atoms with E-state index in [1.165, 1.54) is 17.9 Å². The van der Waals surface area contributed by atoms with Crippen LogP contribution in [0.3, 0.4) is 0 Å². The van der Waals surface area contributed by atoms with Crippen LogP contribution in [0.2, 0.25) is 0 Å². The second-order valence-corrected chi connectivity index (χ2v) is 4.80. The number of carbonyl (C=O) groups excluding carboxylic acids is 1. The molecule has 0 bridgehead atoms. The number of carboxylic acid groups (broad SMARTS) is 1. The van der Waals surface area contributed by atoms with Crippen LogP contribution in [0.15, 0.2) is 18.2 Å². The van der Waals surface area contributed by atoms with Crippen molar-refractivity contribution in [3.63, 3.8) is 0 Å². The van der Waals surface area contributed by atoms with Gasteiger partial charge < -0.3 is 9.84 Å². The summed E-state index contributed by atoms with van der Waals surface area (Å²) >= 11 is 0. The van der Waals surface area contributed by atoms with Gasteiger partial charge in [0.2, 0.25) is 0 Å². The van der Waals surface area contributed by atoms with Crippen LogP contribution in [-0.4, -0.2) is 33.9 Å². The third-order valence-electron chi connectivity index (χ3n) is 3.47. The topological polar surface area (TPSA) is 81.4 Å². The zero-order valence-electron chi connectivity index (χ0n) is 12.3. The largest absolute Gasteiger partial charge is 0.476 e. The molecule has 0 saturated heterocycles. The Morgan fingerprint density at radius 3 is 2.43 bits per heavy atom. The summed E-state index contributed by atoms with van der Waals surface area (Å²) in [6.45, 7) is 3.73. The molecule has 110 valence electrons. The number of hydrogen-bond donors (Lipinski definition) is 1. The Bertz CT molecular complexity index is 732. The van der Waals surface area contributed by atoms with Gasteiger partial charge in [0.25, 0.3) is 0 Å². The third-order valence-corrected chi connectivity index (χ3v) is 3.47. The minimum Gasteiger partial charge on any atom is -0.476 e. The van der Waals surface area contributed by atoms with Crippen molar-refractivity contribution in [1.29, 1.82) is 0 Å². The predicted molar refractivity (Wildman–Crippen MR) is 76.4 cm³/mol. The number of benzene rings is 1. The number of hydrogen-bond acceptors (Lipinski definition) is 4. The number of rotatable bonds is 3. The fourth-order valence-electron chi connectivity index (χ4n) is 2.17. The Morgan fingerprint density at radius 1 is 1.24 bits per heavy atom. The number of methoxy groups -OCH3 is 1. The van der Waals surface area contributed by atoms with Crippen LogP contribution in [0.25, 0.3) is 11.3 Å². The van der Waals surface area contributed by atoms with Gasteiger partial charge in [-0.25, -0.2) is 9.59 Å². The van der Waals surface area contributed by atoms with E-state index in [9.17, 15) is 9.59 Å². The van der Waals surface area contributed by atoms with Crippen molar-refractivity contribution >= 4 is 11.9 Å². The lowest BCUT2D eigenvalue weighted by Crippen LogP contribution is -2.06. The standard InChI is InChI=1S/C15H16N2O4/c1-8-5-10(6-11(9(8)2)15(20)21-4)13-7-12(14(18)19)16-17(13)3/h5-7H,1-4H3,(H,18,19). The average Bonchev–Trinajstić information content (AvgIpc) is 2.83. The Hall–Kier alpha value is -2.63. The minimum atomic E-state index is -1.09. The van der Waals surface area contributed by atoms with E-state index in [1.807, 2.05) is 19.9 Å². The van der Waals surface area contributed by atoms with Gasteiger partial charge in [0.15, 0.2) is 5.69 Å². The summed E-state index contributed by atoms with van der Waals surface area (Å²) in [5.74, 6) is -1.51. The highest BCUT2D eigenvalue weighted by Gasteiger charge is 2.17. The van der Waals surface area contributed by atoms with Crippen LogP contribution >= 0.6 is 0 Å². The highest BCUT2D eigenvalue weighted by molar-refractivity contribution is 5.93. The first-order chi connectivity index (χ1) is 9.85. The van der Waals surface area contributed by atoms with Crippen molar-refractivity contribution < 1.29 is 19.4 Å². The van der Waals surface area contributed by atoms with E-state index in [-0.39, 0.29) is 5.69 Å². The second kappa shape index (κ2) is 5.40. The number of aromatic carboxylic acids is 1. The van der Waals surface area contributed by atoms with E-state index in [0.29, 0.717) is 11.3 Å². The SMILES string of the molecule is COC(=O)c1cc(-c2cc(C(=O)O)nn2C)cc(C)c1C. The number of aromatic nitrogens is 2. The van der Waals surface area contributed by atoms with Gasteiger partial charge in [-0.2, -0.15) is 5.10 Å². The summed E-state index contributed by atoms with van der Waals surface area (Å²) in [4.78, 5) is 22.8. The maximum Gasteiger partial charge on any atom is 0.356 e. The maximum atomic E-state index is 11.8. The molecule has 0 aliphatic rings. The Kier molecular flexibility index (Phi) is 3.80. The fourth-order valence-corrected chi connectivity index (χ4v) is 2.17. The van der Waals surface area contributed by atoms with Gasteiger partial charge in [0, 0.05) is 12.6 Å². The smallest absolute Gasteiger partial charge is 0.356 e. The minimum absolute atomic E-state index is 0.0367. The lowest BCUT2D eigenvalue weighted by molar-refractivity contribution is 0.0599. The van der Waals surface area contributed by atoms with Gasteiger partial charge in [0.05, 0.1) is 18.4 Å². The van der Waals surface area contributed by atoms with Crippen LogP contribution in [-0.2, 0) is 11.8 Å². The molecule has 0 amide bonds. The Morgan fingerprint density at radius 2 is 1.90 bits per heavy atom. The predicted octanol–water partition coefficient (Wildman–Crippen LogP) is 2.19. The Labute approximate surface area is 122 Å². The van der Waals surface area contributed by atoms with Gasteiger partial charge >= 0.3 is 11.9 Å². The van der Waals surface area contributed by atoms with Crippen LogP contribution in [0.5, 0.6) is 0 Å². The number of ether oxygens (including phenoxy) is 1. The zero-order valence-corrected chi connectivity index (χ0v) is 12.3. The summed E-state index contributed by atoms with van der Waals surface area (Å²) in [5, 5.41) is 12.9. The first kappa shape index (κ1) is 14.8. The highest BCUT2D eigenvalue weighted by atomic mass is 16.5. The van der Waals surface area contributed by atoms with Crippen molar-refractivity contribution in [2.24, 2.45) is 7.05 Å². The van der Waals surface area contributed by atoms with Crippen LogP contribution in [0.1, 0.15) is 32.0 Å². The molecule has 1 N–H and O–H groups in total. The molecule has 1 aromatic heterocycles. The molecule has 2 rings (SSSR count). The molecule has 2 aromatic rings. The number of carboxylic acids is 1. The van der Waals surface area contributed by atoms with E-state index in [2.05, 4.69) is 5.10 Å². The Balaban J connectivity index is 2.62. The van der Waals surface area contributed by atoms with Crippen LogP contribution < -0.4 is 0 Å². The summed E-state index contributed by atoms with van der Waals surface area (Å²) in [6, 6.07) is 5.06. The molecule has 1 heterocycles. The van der Waals surface area contributed by atoms with Gasteiger partial charge in [-0.3, -0.25) is 4.68 Å². The van der Waals surface area contributed by atoms with Gasteiger partial charge in [-0.1, -0.05) is 0 Å². The number of aryl methyl sites for hydroxylation is 2. The summed E-state index contributed by atoms with van der Waals surface area (Å²) < 4.78 is 6.26. The average molecular weight is 288 g/mol. The first-order valence-electron chi connectivity index (χ1n) is 6.32. The van der Waals surface area contributed by atoms with Crippen molar-refractivity contribution in [3.05, 3.63) is 40.6 Å². The molecule has 0 unspecified atom stereocenters. The molecule has 0 saturated carbocycles. The van der Waals surface area contributed by atoms with Crippen LogP contribution in [0.4, 0.5) is 0 Å². The van der Waals surface area contributed by atoms with Gasteiger partial charge in [-0.05, 0) is 43.2 Å². The number of carbonyl (C=O) groups is 2. The summed E-state index contributed by atoms with van der Waals surface area (Å²) in [7, 11) is 2.99. The summed E-state index contributed by atoms with van der Waals surface area (Å²) in [5.41, 5.74) is 3.54. The quantitative estimate of drug-likeness (QED) is 0.875. The maximum absolute atomic E-state index is 11.8. The summed E-state index contributed by atoms with van der Waals surface area (Å²) in [6.07, 6.45) is 0. The van der Waals surface area contributed by atoms with Crippen molar-refractivity contribution in [2.75, 3.05) is 7.11 Å². The second-order valence-electron chi connectivity index (χ2n) is 4.80.